The summed E-state index contributed by atoms with van der Waals surface area (Å²) in [6.07, 6.45) is -3.32. The van der Waals surface area contributed by atoms with Crippen LogP contribution in [0, 0.1) is 6.92 Å². The molecule has 0 amide bonds. The van der Waals surface area contributed by atoms with Crippen LogP contribution in [0.25, 0.3) is 0 Å². The Bertz CT molecular complexity index is 595. The van der Waals surface area contributed by atoms with Crippen LogP contribution in [0.1, 0.15) is 21.8 Å². The highest BCUT2D eigenvalue weighted by molar-refractivity contribution is 7.09. The van der Waals surface area contributed by atoms with E-state index in [4.69, 9.17) is 5.84 Å². The molecule has 0 spiro atoms. The number of alkyl halides is 3. The lowest BCUT2D eigenvalue weighted by atomic mass is 10.0. The Hall–Kier alpha value is -1.44. The van der Waals surface area contributed by atoms with E-state index in [1.54, 1.807) is 6.07 Å². The van der Waals surface area contributed by atoms with Crippen LogP contribution in [0.15, 0.2) is 29.6 Å². The molecule has 21 heavy (non-hydrogen) atoms. The third-order valence-electron chi connectivity index (χ3n) is 3.06. The molecule has 3 N–H and O–H groups in total. The minimum atomic E-state index is -4.33. The highest BCUT2D eigenvalue weighted by Gasteiger charge is 2.30. The Morgan fingerprint density at radius 3 is 2.67 bits per heavy atom. The van der Waals surface area contributed by atoms with Crippen molar-refractivity contribution >= 4 is 11.3 Å². The Morgan fingerprint density at radius 1 is 1.33 bits per heavy atom. The zero-order chi connectivity index (χ0) is 15.5. The molecular weight excluding hydrogens is 299 g/mol. The minimum Gasteiger partial charge on any atom is -0.271 e. The summed E-state index contributed by atoms with van der Waals surface area (Å²) >= 11 is 1.52. The maximum atomic E-state index is 12.7. The molecular formula is C14H16F3N3S. The van der Waals surface area contributed by atoms with E-state index < -0.39 is 11.7 Å². The van der Waals surface area contributed by atoms with Crippen molar-refractivity contribution in [1.29, 1.82) is 0 Å². The zero-order valence-corrected chi connectivity index (χ0v) is 12.3. The number of halogens is 3. The Labute approximate surface area is 125 Å². The Balaban J connectivity index is 2.08. The fourth-order valence-electron chi connectivity index (χ4n) is 2.06. The van der Waals surface area contributed by atoms with Crippen molar-refractivity contribution in [1.82, 2.24) is 10.4 Å². The van der Waals surface area contributed by atoms with E-state index in [9.17, 15) is 13.2 Å². The van der Waals surface area contributed by atoms with Crippen LogP contribution >= 0.6 is 11.3 Å². The van der Waals surface area contributed by atoms with Crippen molar-refractivity contribution in [3.8, 4) is 0 Å². The van der Waals surface area contributed by atoms with E-state index in [2.05, 4.69) is 10.4 Å². The smallest absolute Gasteiger partial charge is 0.271 e. The largest absolute Gasteiger partial charge is 0.416 e. The normalized spacial score (nSPS) is 13.4. The second kappa shape index (κ2) is 6.55. The minimum absolute atomic E-state index is 0.154. The topological polar surface area (TPSA) is 50.9 Å². The molecule has 1 heterocycles. The summed E-state index contributed by atoms with van der Waals surface area (Å²) in [4.78, 5) is 4.34. The van der Waals surface area contributed by atoms with Gasteiger partial charge in [0.15, 0.2) is 0 Å². The van der Waals surface area contributed by atoms with Gasteiger partial charge in [0, 0.05) is 23.5 Å². The molecule has 3 nitrogen and oxygen atoms in total. The van der Waals surface area contributed by atoms with E-state index in [-0.39, 0.29) is 6.04 Å². The number of benzene rings is 1. The number of aryl methyl sites for hydroxylation is 1. The zero-order valence-electron chi connectivity index (χ0n) is 11.4. The van der Waals surface area contributed by atoms with Gasteiger partial charge >= 0.3 is 6.18 Å². The molecule has 0 fully saturated rings. The van der Waals surface area contributed by atoms with Gasteiger partial charge in [0.2, 0.25) is 0 Å². The van der Waals surface area contributed by atoms with Crippen molar-refractivity contribution in [2.24, 2.45) is 5.84 Å². The first-order chi connectivity index (χ1) is 9.88. The average molecular weight is 315 g/mol. The van der Waals surface area contributed by atoms with Crippen LogP contribution in [0.5, 0.6) is 0 Å². The fraction of sp³-hybridized carbons (Fsp3) is 0.357. The number of nitrogens with zero attached hydrogens (tertiary/aromatic N) is 1. The van der Waals surface area contributed by atoms with Gasteiger partial charge in [-0.2, -0.15) is 13.2 Å². The van der Waals surface area contributed by atoms with Crippen LogP contribution in [0.3, 0.4) is 0 Å². The van der Waals surface area contributed by atoms with Crippen LogP contribution in [-0.2, 0) is 19.0 Å². The van der Waals surface area contributed by atoms with Gasteiger partial charge in [0.1, 0.15) is 0 Å². The molecule has 7 heteroatoms. The molecule has 1 aromatic heterocycles. The fourth-order valence-corrected chi connectivity index (χ4v) is 2.91. The number of nitrogens with two attached hydrogens (primary N) is 1. The van der Waals surface area contributed by atoms with Crippen molar-refractivity contribution in [2.45, 2.75) is 32.0 Å². The van der Waals surface area contributed by atoms with E-state index in [0.717, 1.165) is 22.8 Å². The lowest BCUT2D eigenvalue weighted by Crippen LogP contribution is -2.38. The summed E-state index contributed by atoms with van der Waals surface area (Å²) < 4.78 is 38.1. The molecule has 2 rings (SSSR count). The van der Waals surface area contributed by atoms with Gasteiger partial charge < -0.3 is 0 Å². The number of nitrogens with one attached hydrogen (secondary N) is 1. The summed E-state index contributed by atoms with van der Waals surface area (Å²) in [5.41, 5.74) is 3.55. The van der Waals surface area contributed by atoms with Crippen molar-refractivity contribution < 1.29 is 13.2 Å². The van der Waals surface area contributed by atoms with E-state index >= 15 is 0 Å². The monoisotopic (exact) mass is 315 g/mol. The third-order valence-corrected chi connectivity index (χ3v) is 4.05. The quantitative estimate of drug-likeness (QED) is 0.658. The molecule has 0 aliphatic carbocycles. The first kappa shape index (κ1) is 15.9. The molecule has 1 atom stereocenters. The highest BCUT2D eigenvalue weighted by atomic mass is 32.1. The van der Waals surface area contributed by atoms with Crippen LogP contribution in [-0.4, -0.2) is 11.0 Å². The lowest BCUT2D eigenvalue weighted by Gasteiger charge is -2.15. The Morgan fingerprint density at radius 2 is 2.10 bits per heavy atom. The predicted molar refractivity (Wildman–Crippen MR) is 76.8 cm³/mol. The number of hydrogen-bond acceptors (Lipinski definition) is 4. The van der Waals surface area contributed by atoms with Crippen molar-refractivity contribution in [2.75, 3.05) is 0 Å². The van der Waals surface area contributed by atoms with Gasteiger partial charge in [-0.1, -0.05) is 18.2 Å². The molecule has 0 saturated heterocycles. The summed E-state index contributed by atoms with van der Waals surface area (Å²) in [6, 6.07) is 5.17. The standard InChI is InChI=1S/C14H16F3N3S/c1-9-8-21-13(19-9)7-12(20-18)6-10-3-2-4-11(5-10)14(15,16)17/h2-5,8,12,20H,6-7,18H2,1H3. The molecule has 0 radical (unpaired) electrons. The maximum absolute atomic E-state index is 12.7. The third kappa shape index (κ3) is 4.52. The van der Waals surface area contributed by atoms with E-state index in [0.29, 0.717) is 18.4 Å². The van der Waals surface area contributed by atoms with E-state index in [1.807, 2.05) is 12.3 Å². The van der Waals surface area contributed by atoms with Crippen LogP contribution in [0.4, 0.5) is 13.2 Å². The average Bonchev–Trinajstić information content (AvgIpc) is 2.83. The van der Waals surface area contributed by atoms with Crippen molar-refractivity contribution in [3.63, 3.8) is 0 Å². The summed E-state index contributed by atoms with van der Waals surface area (Å²) in [5.74, 6) is 5.50. The van der Waals surface area contributed by atoms with Gasteiger partial charge in [-0.15, -0.1) is 11.3 Å². The van der Waals surface area contributed by atoms with Gasteiger partial charge in [0.25, 0.3) is 0 Å². The maximum Gasteiger partial charge on any atom is 0.416 e. The van der Waals surface area contributed by atoms with Crippen molar-refractivity contribution in [3.05, 3.63) is 51.5 Å². The number of thiazole rings is 1. The van der Waals surface area contributed by atoms with Gasteiger partial charge in [-0.25, -0.2) is 4.98 Å². The molecule has 0 saturated carbocycles. The molecule has 1 unspecified atom stereocenters. The number of hydrazine groups is 1. The van der Waals surface area contributed by atoms with Gasteiger partial charge in [0.05, 0.1) is 10.6 Å². The lowest BCUT2D eigenvalue weighted by molar-refractivity contribution is -0.137. The second-order valence-corrected chi connectivity index (χ2v) is 5.80. The van der Waals surface area contributed by atoms with Crippen LogP contribution in [0.2, 0.25) is 0 Å². The molecule has 114 valence electrons. The second-order valence-electron chi connectivity index (χ2n) is 4.85. The molecule has 0 aliphatic heterocycles. The number of hydrogen-bond donors (Lipinski definition) is 2. The molecule has 0 aliphatic rings. The summed E-state index contributed by atoms with van der Waals surface area (Å²) in [6.45, 7) is 1.90. The summed E-state index contributed by atoms with van der Waals surface area (Å²) in [5, 5.41) is 2.86. The first-order valence-corrected chi connectivity index (χ1v) is 7.29. The predicted octanol–water partition coefficient (Wildman–Crippen LogP) is 3.09. The SMILES string of the molecule is Cc1csc(CC(Cc2cccc(C(F)(F)F)c2)NN)n1. The molecule has 2 aromatic rings. The highest BCUT2D eigenvalue weighted by Crippen LogP contribution is 2.29. The molecule has 1 aromatic carbocycles. The first-order valence-electron chi connectivity index (χ1n) is 6.41. The van der Waals surface area contributed by atoms with Gasteiger partial charge in [-0.05, 0) is 25.0 Å². The number of aromatic nitrogens is 1. The Kier molecular flexibility index (Phi) is 4.97. The summed E-state index contributed by atoms with van der Waals surface area (Å²) in [7, 11) is 0. The van der Waals surface area contributed by atoms with Gasteiger partial charge in [-0.3, -0.25) is 11.3 Å². The van der Waals surface area contributed by atoms with E-state index in [1.165, 1.54) is 17.4 Å². The molecule has 0 bridgehead atoms. The van der Waals surface area contributed by atoms with Crippen LogP contribution < -0.4 is 11.3 Å². The number of rotatable bonds is 5.